The highest BCUT2D eigenvalue weighted by Crippen LogP contribution is 2.12. The minimum atomic E-state index is -0.409. The van der Waals surface area contributed by atoms with Gasteiger partial charge in [-0.05, 0) is 37.6 Å². The number of carbonyl (C=O) groups excluding carboxylic acids is 1. The van der Waals surface area contributed by atoms with Gasteiger partial charge in [-0.1, -0.05) is 23.5 Å². The summed E-state index contributed by atoms with van der Waals surface area (Å²) < 4.78 is 13.9. The lowest BCUT2D eigenvalue weighted by atomic mass is 10.2. The summed E-state index contributed by atoms with van der Waals surface area (Å²) in [6, 6.07) is 10.6. The van der Waals surface area contributed by atoms with E-state index in [4.69, 9.17) is 9.15 Å². The number of benzene rings is 1. The van der Waals surface area contributed by atoms with E-state index in [1.165, 1.54) is 10.8 Å². The van der Waals surface area contributed by atoms with Crippen LogP contribution in [0.3, 0.4) is 0 Å². The minimum absolute atomic E-state index is 0.0341. The molecule has 160 valence electrons. The van der Waals surface area contributed by atoms with Crippen LogP contribution in [0.2, 0.25) is 0 Å². The van der Waals surface area contributed by atoms with Crippen molar-refractivity contribution in [2.24, 2.45) is 0 Å². The molecule has 0 saturated carbocycles. The second kappa shape index (κ2) is 9.13. The molecule has 9 heteroatoms. The lowest BCUT2D eigenvalue weighted by Crippen LogP contribution is -2.26. The van der Waals surface area contributed by atoms with E-state index < -0.39 is 5.97 Å². The van der Waals surface area contributed by atoms with Crippen LogP contribution in [-0.2, 0) is 29.2 Å². The zero-order chi connectivity index (χ0) is 21.8. The fraction of sp³-hybridized carbons (Fsp3) is 0.273. The number of ether oxygens (including phenoxy) is 1. The molecule has 0 aliphatic carbocycles. The Bertz CT molecular complexity index is 1320. The molecule has 0 saturated heterocycles. The van der Waals surface area contributed by atoms with Gasteiger partial charge in [-0.2, -0.15) is 0 Å². The molecule has 0 fully saturated rings. The van der Waals surface area contributed by atoms with Crippen LogP contribution in [0, 0.1) is 6.92 Å². The highest BCUT2D eigenvalue weighted by atomic mass is 32.1. The molecule has 0 bridgehead atoms. The number of para-hydroxylation sites is 1. The zero-order valence-corrected chi connectivity index (χ0v) is 17.8. The maximum atomic E-state index is 13.0. The SMILES string of the molecule is Cc1csc(=O)n1CCCC(=O)OCc1nc2ccccc2c(=O)n1Cc1ccco1. The van der Waals surface area contributed by atoms with Gasteiger partial charge in [-0.15, -0.1) is 0 Å². The number of aromatic nitrogens is 3. The maximum absolute atomic E-state index is 13.0. The molecule has 8 nitrogen and oxygen atoms in total. The van der Waals surface area contributed by atoms with Crippen LogP contribution in [0.4, 0.5) is 0 Å². The molecule has 4 rings (SSSR count). The predicted octanol–water partition coefficient (Wildman–Crippen LogP) is 3.09. The van der Waals surface area contributed by atoms with Crippen LogP contribution in [0.15, 0.2) is 62.0 Å². The average Bonchev–Trinajstić information content (AvgIpc) is 3.39. The van der Waals surface area contributed by atoms with Crippen LogP contribution in [0.5, 0.6) is 0 Å². The standard InChI is InChI=1S/C22H21N3O5S/c1-15-14-31-22(28)24(15)10-4-9-20(26)30-13-19-23-18-8-3-2-7-17(18)21(27)25(19)12-16-6-5-11-29-16/h2-3,5-8,11,14H,4,9-10,12-13H2,1H3. The van der Waals surface area contributed by atoms with Gasteiger partial charge in [0.15, 0.2) is 5.82 Å². The third-order valence-electron chi connectivity index (χ3n) is 4.94. The van der Waals surface area contributed by atoms with Crippen molar-refractivity contribution in [3.8, 4) is 0 Å². The predicted molar refractivity (Wildman–Crippen MR) is 116 cm³/mol. The summed E-state index contributed by atoms with van der Waals surface area (Å²) in [6.45, 7) is 2.38. The van der Waals surface area contributed by atoms with Crippen LogP contribution in [0.1, 0.15) is 30.1 Å². The van der Waals surface area contributed by atoms with Crippen molar-refractivity contribution in [3.63, 3.8) is 0 Å². The van der Waals surface area contributed by atoms with Gasteiger partial charge in [0.2, 0.25) is 0 Å². The Kier molecular flexibility index (Phi) is 6.13. The summed E-state index contributed by atoms with van der Waals surface area (Å²) in [4.78, 5) is 41.5. The quantitative estimate of drug-likeness (QED) is 0.392. The smallest absolute Gasteiger partial charge is 0.307 e. The van der Waals surface area contributed by atoms with E-state index in [1.54, 1.807) is 46.3 Å². The summed E-state index contributed by atoms with van der Waals surface area (Å²) in [5.41, 5.74) is 1.20. The van der Waals surface area contributed by atoms with Crippen molar-refractivity contribution in [1.29, 1.82) is 0 Å². The topological polar surface area (TPSA) is 96.3 Å². The molecule has 0 aliphatic heterocycles. The molecule has 0 amide bonds. The molecule has 1 aromatic carbocycles. The molecule has 0 spiro atoms. The summed E-state index contributed by atoms with van der Waals surface area (Å²) in [5.74, 6) is 0.537. The van der Waals surface area contributed by atoms with E-state index in [0.29, 0.717) is 35.5 Å². The highest BCUT2D eigenvalue weighted by Gasteiger charge is 2.14. The Labute approximate surface area is 181 Å². The minimum Gasteiger partial charge on any atom is -0.467 e. The third kappa shape index (κ3) is 4.66. The molecule has 0 unspecified atom stereocenters. The van der Waals surface area contributed by atoms with Crippen LogP contribution in [-0.4, -0.2) is 20.1 Å². The molecular weight excluding hydrogens is 418 g/mol. The van der Waals surface area contributed by atoms with Crippen molar-refractivity contribution in [2.45, 2.75) is 39.5 Å². The molecule has 31 heavy (non-hydrogen) atoms. The van der Waals surface area contributed by atoms with E-state index in [1.807, 2.05) is 6.92 Å². The van der Waals surface area contributed by atoms with Crippen molar-refractivity contribution >= 4 is 28.2 Å². The Hall–Kier alpha value is -3.46. The van der Waals surface area contributed by atoms with E-state index in [0.717, 1.165) is 17.0 Å². The van der Waals surface area contributed by atoms with Crippen LogP contribution >= 0.6 is 11.3 Å². The van der Waals surface area contributed by atoms with Crippen LogP contribution in [0.25, 0.3) is 10.9 Å². The van der Waals surface area contributed by atoms with Gasteiger partial charge in [0.25, 0.3) is 5.56 Å². The number of hydrogen-bond acceptors (Lipinski definition) is 7. The van der Waals surface area contributed by atoms with Gasteiger partial charge in [-0.3, -0.25) is 19.0 Å². The molecule has 0 aliphatic rings. The van der Waals surface area contributed by atoms with Crippen molar-refractivity contribution in [2.75, 3.05) is 0 Å². The molecule has 3 aromatic heterocycles. The first-order valence-corrected chi connectivity index (χ1v) is 10.7. The molecule has 4 aromatic rings. The Balaban J connectivity index is 1.47. The molecular formula is C22H21N3O5S. The van der Waals surface area contributed by atoms with E-state index >= 15 is 0 Å². The fourth-order valence-electron chi connectivity index (χ4n) is 3.32. The van der Waals surface area contributed by atoms with E-state index in [-0.39, 0.29) is 30.0 Å². The normalized spacial score (nSPS) is 11.1. The maximum Gasteiger partial charge on any atom is 0.307 e. The van der Waals surface area contributed by atoms with Gasteiger partial charge in [-0.25, -0.2) is 4.98 Å². The summed E-state index contributed by atoms with van der Waals surface area (Å²) in [7, 11) is 0. The first kappa shape index (κ1) is 20.8. The zero-order valence-electron chi connectivity index (χ0n) is 16.9. The van der Waals surface area contributed by atoms with Crippen molar-refractivity contribution < 1.29 is 13.9 Å². The molecule has 3 heterocycles. The number of rotatable bonds is 8. The van der Waals surface area contributed by atoms with Crippen LogP contribution < -0.4 is 10.4 Å². The summed E-state index contributed by atoms with van der Waals surface area (Å²) >= 11 is 1.15. The Morgan fingerprint density at radius 3 is 2.74 bits per heavy atom. The lowest BCUT2D eigenvalue weighted by molar-refractivity contribution is -0.145. The number of furan rings is 1. The first-order chi connectivity index (χ1) is 15.0. The first-order valence-electron chi connectivity index (χ1n) is 9.84. The summed E-state index contributed by atoms with van der Waals surface area (Å²) in [5, 5.41) is 2.28. The van der Waals surface area contributed by atoms with Gasteiger partial charge in [0, 0.05) is 24.0 Å². The number of fused-ring (bicyclic) bond motifs is 1. The fourth-order valence-corrected chi connectivity index (χ4v) is 4.08. The number of carbonyl (C=O) groups is 1. The molecule has 0 radical (unpaired) electrons. The second-order valence-corrected chi connectivity index (χ2v) is 7.90. The highest BCUT2D eigenvalue weighted by molar-refractivity contribution is 7.07. The van der Waals surface area contributed by atoms with Gasteiger partial charge < -0.3 is 13.7 Å². The van der Waals surface area contributed by atoms with Gasteiger partial charge in [0.05, 0.1) is 23.7 Å². The number of nitrogens with zero attached hydrogens (tertiary/aromatic N) is 3. The number of thiazole rings is 1. The molecule has 0 atom stereocenters. The molecule has 0 N–H and O–H groups in total. The average molecular weight is 439 g/mol. The van der Waals surface area contributed by atoms with E-state index in [9.17, 15) is 14.4 Å². The number of aryl methyl sites for hydroxylation is 1. The number of hydrogen-bond donors (Lipinski definition) is 0. The van der Waals surface area contributed by atoms with Crippen molar-refractivity contribution in [1.82, 2.24) is 14.1 Å². The van der Waals surface area contributed by atoms with E-state index in [2.05, 4.69) is 4.98 Å². The van der Waals surface area contributed by atoms with Gasteiger partial charge >= 0.3 is 10.8 Å². The monoisotopic (exact) mass is 439 g/mol. The summed E-state index contributed by atoms with van der Waals surface area (Å²) in [6.07, 6.45) is 2.19. The lowest BCUT2D eigenvalue weighted by Gasteiger charge is -2.13. The second-order valence-electron chi connectivity index (χ2n) is 7.07. The largest absolute Gasteiger partial charge is 0.467 e. The third-order valence-corrected chi connectivity index (χ3v) is 5.82. The Morgan fingerprint density at radius 2 is 2.00 bits per heavy atom. The number of esters is 1. The Morgan fingerprint density at radius 1 is 1.16 bits per heavy atom. The van der Waals surface area contributed by atoms with Gasteiger partial charge in [0.1, 0.15) is 12.4 Å². The van der Waals surface area contributed by atoms with Crippen molar-refractivity contribution in [3.05, 3.63) is 85.3 Å².